The lowest BCUT2D eigenvalue weighted by Crippen LogP contribution is -2.10. The average Bonchev–Trinajstić information content (AvgIpc) is 3.65. The summed E-state index contributed by atoms with van der Waals surface area (Å²) in [4.78, 5) is 56.0. The van der Waals surface area contributed by atoms with Crippen molar-refractivity contribution in [1.82, 2.24) is 29.9 Å². The largest absolute Gasteiger partial charge is 0.478 e. The van der Waals surface area contributed by atoms with Crippen LogP contribution in [0, 0.1) is 0 Å². The predicted molar refractivity (Wildman–Crippen MR) is 139 cm³/mol. The Labute approximate surface area is 219 Å². The Kier molecular flexibility index (Phi) is 7.97. The van der Waals surface area contributed by atoms with Gasteiger partial charge in [-0.2, -0.15) is 0 Å². The fraction of sp³-hybridized carbons (Fsp3) is 0.0455. The van der Waals surface area contributed by atoms with E-state index in [1.54, 1.807) is 34.7 Å². The Morgan fingerprint density at radius 3 is 1.57 bits per heavy atom. The minimum atomic E-state index is -0.944. The third-order valence-electron chi connectivity index (χ3n) is 4.61. The van der Waals surface area contributed by atoms with Crippen molar-refractivity contribution >= 4 is 82.5 Å². The van der Waals surface area contributed by atoms with E-state index in [2.05, 4.69) is 34.6 Å². The molecule has 0 bridgehead atoms. The number of carbonyl (C=O) groups is 3. The van der Waals surface area contributed by atoms with Gasteiger partial charge < -0.3 is 15.6 Å². The van der Waals surface area contributed by atoms with Gasteiger partial charge in [0.25, 0.3) is 5.91 Å². The van der Waals surface area contributed by atoms with Gasteiger partial charge in [0.05, 0.1) is 54.5 Å². The van der Waals surface area contributed by atoms with Crippen LogP contribution in [-0.2, 0) is 4.74 Å². The summed E-state index contributed by atoms with van der Waals surface area (Å²) in [5.41, 5.74) is 8.17. The Bertz CT molecular complexity index is 1650. The van der Waals surface area contributed by atoms with Gasteiger partial charge in [0, 0.05) is 34.7 Å². The number of hydrogen-bond donors (Lipinski definition) is 2. The number of carboxylic acids is 1. The molecular weight excluding hydrogens is 538 g/mol. The monoisotopic (exact) mass is 553 g/mol. The number of carbonyl (C=O) groups excluding carboxylic acids is 2. The molecule has 1 amide bonds. The maximum Gasteiger partial charge on any atom is 0.340 e. The highest BCUT2D eigenvalue weighted by atomic mass is 32.1. The molecule has 37 heavy (non-hydrogen) atoms. The molecule has 0 radical (unpaired) electrons. The zero-order valence-electron chi connectivity index (χ0n) is 18.8. The molecular formula is C22H15N7O5S3. The lowest BCUT2D eigenvalue weighted by molar-refractivity contribution is 0.0602. The number of amides is 1. The molecule has 15 heteroatoms. The molecule has 0 spiro atoms. The van der Waals surface area contributed by atoms with Crippen LogP contribution >= 0.6 is 34.0 Å². The summed E-state index contributed by atoms with van der Waals surface area (Å²) in [6.45, 7) is 0. The molecule has 0 aliphatic rings. The van der Waals surface area contributed by atoms with E-state index in [9.17, 15) is 14.4 Å². The summed E-state index contributed by atoms with van der Waals surface area (Å²) < 4.78 is 7.18. The first-order chi connectivity index (χ1) is 17.9. The summed E-state index contributed by atoms with van der Waals surface area (Å²) in [5, 5.41) is 13.7. The Balaban J connectivity index is 0.000000130. The minimum absolute atomic E-state index is 0.248. The molecule has 0 aromatic carbocycles. The third kappa shape index (κ3) is 5.69. The van der Waals surface area contributed by atoms with Crippen LogP contribution in [0.3, 0.4) is 0 Å². The molecule has 0 atom stereocenters. The number of primary amides is 1. The van der Waals surface area contributed by atoms with Crippen molar-refractivity contribution in [3.63, 3.8) is 0 Å². The first-order valence-corrected chi connectivity index (χ1v) is 12.7. The van der Waals surface area contributed by atoms with E-state index >= 15 is 0 Å². The van der Waals surface area contributed by atoms with E-state index < -0.39 is 11.9 Å². The second kappa shape index (κ2) is 11.5. The number of esters is 1. The third-order valence-corrected chi connectivity index (χ3v) is 7.33. The quantitative estimate of drug-likeness (QED) is 0.305. The molecule has 6 aromatic heterocycles. The highest BCUT2D eigenvalue weighted by Gasteiger charge is 2.13. The molecule has 0 saturated heterocycles. The number of nitrogens with two attached hydrogens (primary N) is 1. The highest BCUT2D eigenvalue weighted by molar-refractivity contribution is 7.18. The van der Waals surface area contributed by atoms with Crippen LogP contribution in [0.15, 0.2) is 53.7 Å². The van der Waals surface area contributed by atoms with Gasteiger partial charge in [0.1, 0.15) is 19.0 Å². The molecule has 186 valence electrons. The Morgan fingerprint density at radius 2 is 1.14 bits per heavy atom. The molecule has 0 unspecified atom stereocenters. The van der Waals surface area contributed by atoms with Crippen molar-refractivity contribution in [2.75, 3.05) is 7.11 Å². The Morgan fingerprint density at radius 1 is 0.730 bits per heavy atom. The summed E-state index contributed by atoms with van der Waals surface area (Å²) in [6.07, 6.45) is 9.13. The zero-order valence-corrected chi connectivity index (χ0v) is 21.2. The topological polar surface area (TPSA) is 184 Å². The van der Waals surface area contributed by atoms with Crippen molar-refractivity contribution < 1.29 is 24.2 Å². The molecule has 0 aliphatic heterocycles. The molecule has 6 aromatic rings. The van der Waals surface area contributed by atoms with Crippen molar-refractivity contribution in [3.8, 4) is 0 Å². The molecule has 6 rings (SSSR count). The maximum absolute atomic E-state index is 11.2. The van der Waals surface area contributed by atoms with E-state index in [1.165, 1.54) is 60.1 Å². The van der Waals surface area contributed by atoms with Gasteiger partial charge in [-0.3, -0.25) is 4.79 Å². The van der Waals surface area contributed by atoms with Crippen molar-refractivity contribution in [2.24, 2.45) is 5.73 Å². The van der Waals surface area contributed by atoms with E-state index in [1.807, 2.05) is 0 Å². The molecule has 0 saturated carbocycles. The Hall–Kier alpha value is -4.47. The van der Waals surface area contributed by atoms with Crippen LogP contribution in [0.4, 0.5) is 0 Å². The number of rotatable bonds is 3. The van der Waals surface area contributed by atoms with Gasteiger partial charge >= 0.3 is 11.9 Å². The lowest BCUT2D eigenvalue weighted by atomic mass is 10.3. The fourth-order valence-electron chi connectivity index (χ4n) is 2.93. The molecule has 3 N–H and O–H groups in total. The number of fused-ring (bicyclic) bond motifs is 3. The van der Waals surface area contributed by atoms with Crippen molar-refractivity contribution in [3.05, 3.63) is 70.4 Å². The highest BCUT2D eigenvalue weighted by Crippen LogP contribution is 2.24. The number of nitrogens with zero attached hydrogens (tertiary/aromatic N) is 6. The molecule has 12 nitrogen and oxygen atoms in total. The summed E-state index contributed by atoms with van der Waals surface area (Å²) in [6, 6.07) is 0. The predicted octanol–water partition coefficient (Wildman–Crippen LogP) is 3.66. The van der Waals surface area contributed by atoms with Gasteiger partial charge in [-0.1, -0.05) is 0 Å². The van der Waals surface area contributed by atoms with E-state index in [4.69, 9.17) is 10.8 Å². The van der Waals surface area contributed by atoms with Crippen LogP contribution < -0.4 is 5.73 Å². The SMILES string of the molecule is COC(=O)c1csc2cncnc12.NC(=O)c1csc2cncnc12.O=C(O)c1csc2cncnc12. The normalized spacial score (nSPS) is 10.3. The van der Waals surface area contributed by atoms with Gasteiger partial charge in [0.2, 0.25) is 0 Å². The summed E-state index contributed by atoms with van der Waals surface area (Å²) in [5.74, 6) is -1.75. The van der Waals surface area contributed by atoms with E-state index in [0.29, 0.717) is 27.7 Å². The van der Waals surface area contributed by atoms with Crippen LogP contribution in [0.2, 0.25) is 0 Å². The van der Waals surface area contributed by atoms with Crippen LogP contribution in [0.25, 0.3) is 30.6 Å². The molecule has 6 heterocycles. The van der Waals surface area contributed by atoms with Crippen LogP contribution in [0.5, 0.6) is 0 Å². The first kappa shape index (κ1) is 25.6. The fourth-order valence-corrected chi connectivity index (χ4v) is 5.50. The number of hydrogen-bond acceptors (Lipinski definition) is 13. The second-order valence-electron chi connectivity index (χ2n) is 6.82. The zero-order chi connectivity index (χ0) is 26.4. The maximum atomic E-state index is 11.2. The van der Waals surface area contributed by atoms with Gasteiger partial charge in [-0.25, -0.2) is 39.5 Å². The number of thiophene rings is 3. The average molecular weight is 554 g/mol. The number of ether oxygens (including phenoxy) is 1. The molecule has 0 aliphatic carbocycles. The van der Waals surface area contributed by atoms with Crippen LogP contribution in [0.1, 0.15) is 31.1 Å². The number of aromatic nitrogens is 6. The van der Waals surface area contributed by atoms with Gasteiger partial charge in [-0.05, 0) is 0 Å². The summed E-state index contributed by atoms with van der Waals surface area (Å²) in [7, 11) is 1.35. The number of methoxy groups -OCH3 is 1. The lowest BCUT2D eigenvalue weighted by Gasteiger charge is -1.94. The summed E-state index contributed by atoms with van der Waals surface area (Å²) >= 11 is 4.18. The van der Waals surface area contributed by atoms with Crippen molar-refractivity contribution in [1.29, 1.82) is 0 Å². The van der Waals surface area contributed by atoms with E-state index in [-0.39, 0.29) is 11.5 Å². The standard InChI is InChI=1S/C8H6N2O2S.C7H5N3OS.C7H4N2O2S/c1-12-8(11)5-3-13-6-2-9-4-10-7(5)6;8-7(11)4-2-12-5-1-9-3-10-6(4)5;10-7(11)4-2-12-5-1-8-3-9-6(4)5/h2-4H,1H3;1-3H,(H2,8,11);1-3H,(H,10,11). The van der Waals surface area contributed by atoms with E-state index in [0.717, 1.165) is 14.1 Å². The van der Waals surface area contributed by atoms with Gasteiger partial charge in [-0.15, -0.1) is 34.0 Å². The van der Waals surface area contributed by atoms with Crippen LogP contribution in [-0.4, -0.2) is 60.0 Å². The number of carboxylic acid groups (broad SMARTS) is 1. The van der Waals surface area contributed by atoms with Crippen molar-refractivity contribution in [2.45, 2.75) is 0 Å². The minimum Gasteiger partial charge on any atom is -0.478 e. The smallest absolute Gasteiger partial charge is 0.340 e. The van der Waals surface area contributed by atoms with Gasteiger partial charge in [0.15, 0.2) is 0 Å². The molecule has 0 fully saturated rings. The first-order valence-electron chi connectivity index (χ1n) is 10.0. The number of aromatic carboxylic acids is 1. The second-order valence-corrected chi connectivity index (χ2v) is 9.55.